The molecule has 0 aliphatic heterocycles. The van der Waals surface area contributed by atoms with Crippen LogP contribution in [-0.4, -0.2) is 11.1 Å². The van der Waals surface area contributed by atoms with Crippen LogP contribution >= 0.6 is 0 Å². The Labute approximate surface area is 48.1 Å². The van der Waals surface area contributed by atoms with Gasteiger partial charge in [0.05, 0.1) is 0 Å². The number of carboxylic acids is 1. The zero-order chi connectivity index (χ0) is 6.99. The highest BCUT2D eigenvalue weighted by Gasteiger charge is 1.77. The van der Waals surface area contributed by atoms with E-state index >= 15 is 0 Å². The minimum atomic E-state index is -1.02. The van der Waals surface area contributed by atoms with Crippen LogP contribution in [0.2, 0.25) is 0 Å². The lowest BCUT2D eigenvalue weighted by Gasteiger charge is -1.69. The molecule has 0 aliphatic carbocycles. The van der Waals surface area contributed by atoms with Gasteiger partial charge in [-0.05, 0) is 0 Å². The van der Waals surface area contributed by atoms with E-state index < -0.39 is 5.97 Å². The molecule has 3 N–H and O–H groups in total. The van der Waals surface area contributed by atoms with Crippen LogP contribution in [0.1, 0.15) is 0 Å². The van der Waals surface area contributed by atoms with Gasteiger partial charge in [-0.2, -0.15) is 0 Å². The van der Waals surface area contributed by atoms with E-state index in [-0.39, 0.29) is 0 Å². The van der Waals surface area contributed by atoms with Crippen molar-refractivity contribution in [2.24, 2.45) is 5.73 Å². The second-order valence-corrected chi connectivity index (χ2v) is 0.697. The van der Waals surface area contributed by atoms with E-state index in [9.17, 15) is 4.79 Å². The minimum absolute atomic E-state index is 0.861. The zero-order valence-corrected chi connectivity index (χ0v) is 4.50. The van der Waals surface area contributed by atoms with Crippen LogP contribution in [0.4, 0.5) is 0 Å². The molecule has 0 atom stereocenters. The number of carboxylic acid groups (broad SMARTS) is 1. The monoisotopic (exact) mass is 115 g/mol. The summed E-state index contributed by atoms with van der Waals surface area (Å²) < 4.78 is 0. The third kappa shape index (κ3) is 21.8. The molecule has 0 aromatic heterocycles. The Kier molecular flexibility index (Phi) is 11.4. The molecule has 0 aromatic rings. The fourth-order valence-electron chi connectivity index (χ4n) is 0.0823. The van der Waals surface area contributed by atoms with Crippen molar-refractivity contribution in [2.75, 3.05) is 0 Å². The summed E-state index contributed by atoms with van der Waals surface area (Å²) in [7, 11) is 0. The molecular weight excluding hydrogens is 106 g/mol. The van der Waals surface area contributed by atoms with E-state index in [4.69, 9.17) is 5.11 Å². The molecule has 3 heteroatoms. The first-order valence-corrected chi connectivity index (χ1v) is 1.88. The van der Waals surface area contributed by atoms with Gasteiger partial charge in [-0.3, -0.25) is 0 Å². The van der Waals surface area contributed by atoms with E-state index in [1.807, 2.05) is 0 Å². The van der Waals surface area contributed by atoms with Gasteiger partial charge in [-0.15, -0.1) is 13.2 Å². The van der Waals surface area contributed by atoms with Gasteiger partial charge in [0, 0.05) is 12.3 Å². The Morgan fingerprint density at radius 1 is 1.62 bits per heavy atom. The fraction of sp³-hybridized carbons (Fsp3) is 0. The van der Waals surface area contributed by atoms with Crippen molar-refractivity contribution in [3.63, 3.8) is 0 Å². The maximum Gasteiger partial charge on any atom is 0.329 e. The number of aliphatic carboxylic acids is 1. The van der Waals surface area contributed by atoms with Crippen LogP contribution in [0.5, 0.6) is 0 Å². The summed E-state index contributed by atoms with van der Waals surface area (Å²) in [5.74, 6) is -1.02. The quantitative estimate of drug-likeness (QED) is 0.382. The van der Waals surface area contributed by atoms with Crippen molar-refractivity contribution in [1.29, 1.82) is 0 Å². The van der Waals surface area contributed by atoms with E-state index in [2.05, 4.69) is 18.9 Å². The smallest absolute Gasteiger partial charge is 0.329 e. The van der Waals surface area contributed by atoms with Crippen LogP contribution in [0.15, 0.2) is 25.4 Å². The molecule has 0 aliphatic rings. The topological polar surface area (TPSA) is 63.3 Å². The second-order valence-electron chi connectivity index (χ2n) is 0.697. The summed E-state index contributed by atoms with van der Waals surface area (Å²) in [5, 5.41) is 7.75. The van der Waals surface area contributed by atoms with Crippen LogP contribution < -0.4 is 5.73 Å². The Morgan fingerprint density at radius 2 is 2.00 bits per heavy atom. The van der Waals surface area contributed by atoms with Gasteiger partial charge in [-0.25, -0.2) is 4.79 Å². The fourth-order valence-corrected chi connectivity index (χ4v) is 0.0823. The summed E-state index contributed by atoms with van der Waals surface area (Å²) in [4.78, 5) is 9.43. The van der Waals surface area contributed by atoms with E-state index in [0.29, 0.717) is 0 Å². The predicted octanol–water partition coefficient (Wildman–Crippen LogP) is 0.346. The normalized spacial score (nSPS) is 7.50. The van der Waals surface area contributed by atoms with E-state index in [1.165, 1.54) is 0 Å². The number of hydrogen-bond acceptors (Lipinski definition) is 2. The maximum absolute atomic E-state index is 9.43. The van der Waals surface area contributed by atoms with E-state index in [0.717, 1.165) is 12.3 Å². The highest BCUT2D eigenvalue weighted by Crippen LogP contribution is 1.59. The number of nitrogens with two attached hydrogens (primary N) is 1. The predicted molar refractivity (Wildman–Crippen MR) is 32.2 cm³/mol. The van der Waals surface area contributed by atoms with Crippen molar-refractivity contribution in [2.45, 2.75) is 0 Å². The lowest BCUT2D eigenvalue weighted by molar-refractivity contribution is -0.131. The second kappa shape index (κ2) is 9.23. The first kappa shape index (κ1) is 9.89. The first-order valence-electron chi connectivity index (χ1n) is 1.88. The molecule has 0 fully saturated rings. The zero-order valence-electron chi connectivity index (χ0n) is 4.50. The van der Waals surface area contributed by atoms with Crippen molar-refractivity contribution >= 4 is 5.97 Å². The van der Waals surface area contributed by atoms with Gasteiger partial charge in [0.1, 0.15) is 0 Å². The standard InChI is InChI=1S/C3H5NO2.C2H4/c4-2-1-3(5)6;1-2/h1-2H,4H2,(H,5,6);1-2H2. The molecule has 0 amide bonds. The largest absolute Gasteiger partial charge is 0.478 e. The van der Waals surface area contributed by atoms with Crippen molar-refractivity contribution in [3.8, 4) is 0 Å². The summed E-state index contributed by atoms with van der Waals surface area (Å²) in [5.41, 5.74) is 4.67. The van der Waals surface area contributed by atoms with Gasteiger partial charge >= 0.3 is 5.97 Å². The summed E-state index contributed by atoms with van der Waals surface area (Å²) in [6.45, 7) is 6.00. The molecule has 0 bridgehead atoms. The molecule has 0 rings (SSSR count). The van der Waals surface area contributed by atoms with Gasteiger partial charge in [0.15, 0.2) is 0 Å². The average Bonchev–Trinajstić information content (AvgIpc) is 1.72. The molecular formula is C5H9NO2. The minimum Gasteiger partial charge on any atom is -0.478 e. The summed E-state index contributed by atoms with van der Waals surface area (Å²) >= 11 is 0. The molecule has 46 valence electrons. The molecule has 0 unspecified atom stereocenters. The molecule has 0 aromatic carbocycles. The molecule has 0 spiro atoms. The van der Waals surface area contributed by atoms with Crippen LogP contribution in [0.3, 0.4) is 0 Å². The summed E-state index contributed by atoms with van der Waals surface area (Å²) in [6.07, 6.45) is 1.84. The summed E-state index contributed by atoms with van der Waals surface area (Å²) in [6, 6.07) is 0. The van der Waals surface area contributed by atoms with Crippen LogP contribution in [0.25, 0.3) is 0 Å². The highest BCUT2D eigenvalue weighted by molar-refractivity contribution is 5.79. The third-order valence-electron chi connectivity index (χ3n) is 0.239. The molecule has 3 nitrogen and oxygen atoms in total. The maximum atomic E-state index is 9.43. The highest BCUT2D eigenvalue weighted by atomic mass is 16.4. The first-order chi connectivity index (χ1) is 3.77. The Balaban J connectivity index is 0. The molecule has 0 saturated heterocycles. The van der Waals surface area contributed by atoms with Crippen molar-refractivity contribution in [3.05, 3.63) is 25.4 Å². The lowest BCUT2D eigenvalue weighted by atomic mass is 10.6. The Bertz CT molecular complexity index is 88.4. The van der Waals surface area contributed by atoms with Gasteiger partial charge in [0.25, 0.3) is 0 Å². The van der Waals surface area contributed by atoms with Crippen LogP contribution in [0, 0.1) is 0 Å². The number of hydrogen-bond donors (Lipinski definition) is 2. The number of carbonyl (C=O) groups is 1. The Morgan fingerprint density at radius 3 is 2.00 bits per heavy atom. The van der Waals surface area contributed by atoms with Gasteiger partial charge < -0.3 is 10.8 Å². The van der Waals surface area contributed by atoms with E-state index in [1.54, 1.807) is 0 Å². The SMILES string of the molecule is C=C.NC=CC(=O)O. The van der Waals surface area contributed by atoms with Crippen molar-refractivity contribution < 1.29 is 9.90 Å². The van der Waals surface area contributed by atoms with Crippen LogP contribution in [-0.2, 0) is 4.79 Å². The van der Waals surface area contributed by atoms with Crippen molar-refractivity contribution in [1.82, 2.24) is 0 Å². The molecule has 0 radical (unpaired) electrons. The average molecular weight is 115 g/mol. The lowest BCUT2D eigenvalue weighted by Crippen LogP contribution is -1.88. The Hall–Kier alpha value is -1.25. The number of rotatable bonds is 1. The third-order valence-corrected chi connectivity index (χ3v) is 0.239. The molecule has 0 saturated carbocycles. The van der Waals surface area contributed by atoms with Gasteiger partial charge in [-0.1, -0.05) is 0 Å². The van der Waals surface area contributed by atoms with Gasteiger partial charge in [0.2, 0.25) is 0 Å². The molecule has 0 heterocycles. The molecule has 8 heavy (non-hydrogen) atoms.